The van der Waals surface area contributed by atoms with Crippen molar-refractivity contribution in [3.63, 3.8) is 0 Å². The number of carbonyl (C=O) groups excluding carboxylic acids is 6. The molecule has 0 atom stereocenters. The zero-order chi connectivity index (χ0) is 49.6. The molecule has 1 saturated carbocycles. The Morgan fingerprint density at radius 3 is 1.63 bits per heavy atom. The Balaban J connectivity index is 1.58. The molecule has 0 radical (unpaired) electrons. The predicted molar refractivity (Wildman–Crippen MR) is 258 cm³/mol. The number of rotatable bonds is 25. The highest BCUT2D eigenvalue weighted by Gasteiger charge is 2.39. The maximum Gasteiger partial charge on any atom is 0.417 e. The van der Waals surface area contributed by atoms with Gasteiger partial charge in [-0.2, -0.15) is 0 Å². The van der Waals surface area contributed by atoms with Crippen molar-refractivity contribution in [1.29, 1.82) is 0 Å². The molecule has 13 heteroatoms. The van der Waals surface area contributed by atoms with Gasteiger partial charge in [-0.15, -0.1) is 0 Å². The molecule has 0 saturated heterocycles. The fraction of sp³-hybridized carbons (Fsp3) is 0.491. The summed E-state index contributed by atoms with van der Waals surface area (Å²) < 4.78 is 36.8. The highest BCUT2D eigenvalue weighted by Crippen LogP contribution is 2.38. The normalized spacial score (nSPS) is 14.5. The van der Waals surface area contributed by atoms with Crippen LogP contribution in [-0.2, 0) is 82.9 Å². The van der Waals surface area contributed by atoms with Crippen LogP contribution in [0.2, 0.25) is 0 Å². The lowest BCUT2D eigenvalue weighted by Gasteiger charge is -2.32. The van der Waals surface area contributed by atoms with E-state index >= 15 is 0 Å². The summed E-state index contributed by atoms with van der Waals surface area (Å²) in [5.41, 5.74) is 6.24. The molecule has 1 fully saturated rings. The highest BCUT2D eigenvalue weighted by molar-refractivity contribution is 6.30. The number of ether oxygens (including phenoxy) is 7. The third-order valence-electron chi connectivity index (χ3n) is 12.4. The average Bonchev–Trinajstić information content (AvgIpc) is 3.36. The van der Waals surface area contributed by atoms with E-state index in [0.29, 0.717) is 30.9 Å². The molecule has 3 aromatic carbocycles. The Bertz CT molecular complexity index is 2160. The number of methoxy groups -OCH3 is 2. The van der Waals surface area contributed by atoms with Gasteiger partial charge < -0.3 is 33.2 Å². The first-order chi connectivity index (χ1) is 32.6. The molecule has 1 aliphatic carbocycles. The topological polar surface area (TPSA) is 167 Å². The number of benzene rings is 3. The second kappa shape index (κ2) is 27.5. The van der Waals surface area contributed by atoms with Crippen molar-refractivity contribution in [2.75, 3.05) is 47.3 Å². The van der Waals surface area contributed by atoms with Gasteiger partial charge in [0, 0.05) is 11.1 Å². The van der Waals surface area contributed by atoms with Gasteiger partial charge in [-0.25, -0.2) is 28.8 Å². The smallest absolute Gasteiger partial charge is 0.417 e. The highest BCUT2D eigenvalue weighted by atomic mass is 16.6. The molecule has 0 bridgehead atoms. The average molecular weight is 939 g/mol. The van der Waals surface area contributed by atoms with E-state index in [-0.39, 0.29) is 17.8 Å². The van der Waals surface area contributed by atoms with E-state index in [1.807, 2.05) is 19.1 Å². The fourth-order valence-corrected chi connectivity index (χ4v) is 8.22. The van der Waals surface area contributed by atoms with E-state index in [2.05, 4.69) is 78.1 Å². The lowest BCUT2D eigenvalue weighted by molar-refractivity contribution is -0.177. The van der Waals surface area contributed by atoms with Gasteiger partial charge in [-0.3, -0.25) is 0 Å². The van der Waals surface area contributed by atoms with E-state index in [9.17, 15) is 28.8 Å². The van der Waals surface area contributed by atoms with Crippen molar-refractivity contribution in [3.05, 3.63) is 113 Å². The van der Waals surface area contributed by atoms with Crippen LogP contribution in [0.4, 0.5) is 0 Å². The largest absolute Gasteiger partial charge is 0.492 e. The van der Waals surface area contributed by atoms with E-state index < -0.39 is 67.7 Å². The van der Waals surface area contributed by atoms with Gasteiger partial charge >= 0.3 is 35.8 Å². The number of aryl methyl sites for hydroxylation is 4. The molecule has 0 spiro atoms. The van der Waals surface area contributed by atoms with E-state index in [0.717, 1.165) is 55.2 Å². The minimum atomic E-state index is -1.68. The molecular weight excluding hydrogens is 869 g/mol. The number of hydrogen-bond donors (Lipinski definition) is 0. The third-order valence-corrected chi connectivity index (χ3v) is 12.4. The summed E-state index contributed by atoms with van der Waals surface area (Å²) >= 11 is 0. The second-order valence-corrected chi connectivity index (χ2v) is 17.9. The Morgan fingerprint density at radius 2 is 1.12 bits per heavy atom. The van der Waals surface area contributed by atoms with Crippen LogP contribution in [0.1, 0.15) is 119 Å². The first kappa shape index (κ1) is 54.4. The standard InChI is InChI=1S/C55H70O13/c1-9-11-12-14-39-18-24-43(25-19-39)44-26-20-40(21-27-44)16-17-41-22-28-45(29-23-41)47-31-46(15-13-30-64-49(56)37(3)4)48(32-42(47)10-2)65-33-55(34-66-50(57)38(5)6,35-67-53(60)51(58)62-7)36-68-54(61)52(59)63-8/h20-23,26-29,31-32,39,43H,3,5,9-19,24-25,30,33-36H2,1-2,4,6-8H3. The molecule has 0 aromatic heterocycles. The van der Waals surface area contributed by atoms with Crippen molar-refractivity contribution in [2.24, 2.45) is 11.3 Å². The Labute approximate surface area is 401 Å². The summed E-state index contributed by atoms with van der Waals surface area (Å²) in [6, 6.07) is 21.7. The second-order valence-electron chi connectivity index (χ2n) is 17.9. The summed E-state index contributed by atoms with van der Waals surface area (Å²) in [5, 5.41) is 0. The maximum absolute atomic E-state index is 12.6. The monoisotopic (exact) mass is 938 g/mol. The van der Waals surface area contributed by atoms with Gasteiger partial charge in [0.25, 0.3) is 0 Å². The molecule has 68 heavy (non-hydrogen) atoms. The van der Waals surface area contributed by atoms with Crippen molar-refractivity contribution in [3.8, 4) is 16.9 Å². The summed E-state index contributed by atoms with van der Waals surface area (Å²) in [6.07, 6.45) is 13.9. The Morgan fingerprint density at radius 1 is 0.588 bits per heavy atom. The molecule has 0 N–H and O–H groups in total. The van der Waals surface area contributed by atoms with Crippen molar-refractivity contribution in [2.45, 2.75) is 117 Å². The van der Waals surface area contributed by atoms with E-state index in [1.54, 1.807) is 6.92 Å². The molecule has 1 aliphatic rings. The van der Waals surface area contributed by atoms with E-state index in [1.165, 1.54) is 75.0 Å². The molecule has 0 amide bonds. The molecule has 368 valence electrons. The Hall–Kier alpha value is -6.24. The van der Waals surface area contributed by atoms with Gasteiger partial charge in [-0.1, -0.05) is 101 Å². The van der Waals surface area contributed by atoms with Crippen LogP contribution in [0.15, 0.2) is 85.0 Å². The number of hydrogen-bond acceptors (Lipinski definition) is 13. The number of carbonyl (C=O) groups is 6. The zero-order valence-corrected chi connectivity index (χ0v) is 40.9. The summed E-state index contributed by atoms with van der Waals surface area (Å²) in [6.45, 7) is 12.3. The van der Waals surface area contributed by atoms with Crippen molar-refractivity contribution < 1.29 is 61.9 Å². The van der Waals surface area contributed by atoms with Crippen LogP contribution in [0, 0.1) is 11.3 Å². The third kappa shape index (κ3) is 16.8. The Kier molecular flexibility index (Phi) is 22.0. The quantitative estimate of drug-likeness (QED) is 0.0259. The van der Waals surface area contributed by atoms with Crippen LogP contribution < -0.4 is 4.74 Å². The summed E-state index contributed by atoms with van der Waals surface area (Å²) in [4.78, 5) is 73.9. The summed E-state index contributed by atoms with van der Waals surface area (Å²) in [7, 11) is 1.99. The lowest BCUT2D eigenvalue weighted by Crippen LogP contribution is -2.45. The lowest BCUT2D eigenvalue weighted by atomic mass is 9.77. The van der Waals surface area contributed by atoms with Crippen molar-refractivity contribution in [1.82, 2.24) is 0 Å². The van der Waals surface area contributed by atoms with Crippen LogP contribution in [0.3, 0.4) is 0 Å². The SMILES string of the molecule is C=C(C)C(=O)OCCCc1cc(-c2ccc(CCc3ccc(C4CCC(CCCCC)CC4)cc3)cc2)c(CC)cc1OCC(COC(=O)C(=C)C)(COC(=O)C(=O)OC)COC(=O)C(=O)OC. The summed E-state index contributed by atoms with van der Waals surface area (Å²) in [5.74, 6) is -4.72. The van der Waals surface area contributed by atoms with Crippen LogP contribution in [0.5, 0.6) is 5.75 Å². The predicted octanol–water partition coefficient (Wildman–Crippen LogP) is 9.52. The molecule has 0 heterocycles. The van der Waals surface area contributed by atoms with Crippen LogP contribution in [0.25, 0.3) is 11.1 Å². The van der Waals surface area contributed by atoms with Gasteiger partial charge in [0.1, 0.15) is 37.6 Å². The van der Waals surface area contributed by atoms with Crippen LogP contribution >= 0.6 is 0 Å². The first-order valence-electron chi connectivity index (χ1n) is 23.7. The van der Waals surface area contributed by atoms with Crippen LogP contribution in [-0.4, -0.2) is 83.1 Å². The number of unbranched alkanes of at least 4 members (excludes halogenated alkanes) is 2. The molecule has 4 rings (SSSR count). The van der Waals surface area contributed by atoms with Gasteiger partial charge in [0.05, 0.1) is 20.8 Å². The van der Waals surface area contributed by atoms with Crippen molar-refractivity contribution >= 4 is 35.8 Å². The molecule has 13 nitrogen and oxygen atoms in total. The van der Waals surface area contributed by atoms with Gasteiger partial charge in [-0.05, 0) is 135 Å². The zero-order valence-electron chi connectivity index (χ0n) is 40.9. The van der Waals surface area contributed by atoms with Gasteiger partial charge in [0.15, 0.2) is 0 Å². The van der Waals surface area contributed by atoms with Gasteiger partial charge in [0.2, 0.25) is 0 Å². The molecule has 0 unspecified atom stereocenters. The van der Waals surface area contributed by atoms with E-state index in [4.69, 9.17) is 23.7 Å². The number of esters is 6. The minimum Gasteiger partial charge on any atom is -0.492 e. The fourth-order valence-electron chi connectivity index (χ4n) is 8.22. The first-order valence-corrected chi connectivity index (χ1v) is 23.7. The minimum absolute atomic E-state index is 0.0500. The molecule has 0 aliphatic heterocycles. The molecular formula is C55H70O13. The molecule has 3 aromatic rings. The maximum atomic E-state index is 12.6.